The minimum Gasteiger partial charge on any atom is -0.350 e. The fourth-order valence-electron chi connectivity index (χ4n) is 3.18. The van der Waals surface area contributed by atoms with Crippen molar-refractivity contribution < 1.29 is 4.79 Å². The number of hydrogen-bond donors (Lipinski definition) is 1. The van der Waals surface area contributed by atoms with Crippen LogP contribution < -0.4 is 5.32 Å². The van der Waals surface area contributed by atoms with Crippen LogP contribution in [0.2, 0.25) is 0 Å². The Bertz CT molecular complexity index is 215. The summed E-state index contributed by atoms with van der Waals surface area (Å²) in [6.45, 7) is 0. The van der Waals surface area contributed by atoms with Crippen molar-refractivity contribution in [3.8, 4) is 0 Å². The van der Waals surface area contributed by atoms with E-state index in [0.29, 0.717) is 0 Å². The minimum atomic E-state index is 0.219. The smallest absolute Gasteiger partial charge is 0.222 e. The van der Waals surface area contributed by atoms with E-state index in [2.05, 4.69) is 5.32 Å². The maximum atomic E-state index is 11.1. The number of nitrogens with one attached hydrogen (secondary N) is 1. The van der Waals surface area contributed by atoms with Crippen LogP contribution in [0.1, 0.15) is 77.0 Å². The van der Waals surface area contributed by atoms with Crippen molar-refractivity contribution in [3.05, 3.63) is 0 Å². The Morgan fingerprint density at radius 3 is 1.50 bits per heavy atom. The van der Waals surface area contributed by atoms with E-state index in [1.807, 2.05) is 0 Å². The van der Waals surface area contributed by atoms with Gasteiger partial charge in [0.05, 0.1) is 0 Å². The molecule has 0 aromatic heterocycles. The molecule has 1 spiro atoms. The molecule has 1 heterocycles. The molecule has 2 rings (SSSR count). The summed E-state index contributed by atoms with van der Waals surface area (Å²) >= 11 is 0. The Labute approximate surface area is 99.2 Å². The summed E-state index contributed by atoms with van der Waals surface area (Å²) in [6, 6.07) is 0. The van der Waals surface area contributed by atoms with Crippen LogP contribution in [0.25, 0.3) is 0 Å². The van der Waals surface area contributed by atoms with Gasteiger partial charge < -0.3 is 5.32 Å². The molecule has 1 saturated carbocycles. The van der Waals surface area contributed by atoms with Crippen LogP contribution in [-0.4, -0.2) is 11.4 Å². The van der Waals surface area contributed by atoms with Crippen molar-refractivity contribution in [1.82, 2.24) is 5.32 Å². The van der Waals surface area contributed by atoms with Crippen LogP contribution in [0.3, 0.4) is 0 Å². The second-order valence-corrected chi connectivity index (χ2v) is 5.69. The van der Waals surface area contributed by atoms with Crippen molar-refractivity contribution in [3.63, 3.8) is 0 Å². The number of amides is 1. The summed E-state index contributed by atoms with van der Waals surface area (Å²) in [4.78, 5) is 11.1. The highest BCUT2D eigenvalue weighted by Gasteiger charge is 2.41. The van der Waals surface area contributed by atoms with Crippen molar-refractivity contribution in [2.24, 2.45) is 0 Å². The summed E-state index contributed by atoms with van der Waals surface area (Å²) in [6.07, 6.45) is 15.6. The third kappa shape index (κ3) is 3.23. The van der Waals surface area contributed by atoms with Gasteiger partial charge in [-0.3, -0.25) is 4.79 Å². The molecule has 0 radical (unpaired) electrons. The van der Waals surface area contributed by atoms with Crippen molar-refractivity contribution in [2.75, 3.05) is 0 Å². The summed E-state index contributed by atoms with van der Waals surface area (Å²) in [5.41, 5.74) is 0.219. The van der Waals surface area contributed by atoms with Gasteiger partial charge >= 0.3 is 0 Å². The molecule has 92 valence electrons. The maximum Gasteiger partial charge on any atom is 0.222 e. The molecule has 16 heavy (non-hydrogen) atoms. The summed E-state index contributed by atoms with van der Waals surface area (Å²) in [5, 5.41) is 3.17. The number of hydrogen-bond acceptors (Lipinski definition) is 1. The van der Waals surface area contributed by atoms with Crippen LogP contribution in [0.5, 0.6) is 0 Å². The van der Waals surface area contributed by atoms with Crippen LogP contribution in [0, 0.1) is 0 Å². The van der Waals surface area contributed by atoms with Crippen LogP contribution in [0.4, 0.5) is 0 Å². The number of rotatable bonds is 0. The molecule has 0 bridgehead atoms. The molecule has 2 aliphatic rings. The first kappa shape index (κ1) is 11.9. The van der Waals surface area contributed by atoms with Gasteiger partial charge in [0.25, 0.3) is 0 Å². The zero-order valence-electron chi connectivity index (χ0n) is 10.4. The van der Waals surface area contributed by atoms with Gasteiger partial charge in [0.15, 0.2) is 0 Å². The number of carbonyl (C=O) groups is 1. The second kappa shape index (κ2) is 5.70. The zero-order valence-corrected chi connectivity index (χ0v) is 10.4. The summed E-state index contributed by atoms with van der Waals surface area (Å²) in [5.74, 6) is 0.270. The largest absolute Gasteiger partial charge is 0.350 e. The zero-order chi connectivity index (χ0) is 11.3. The molecule has 0 aromatic carbocycles. The normalized spacial score (nSPS) is 27.4. The predicted molar refractivity (Wildman–Crippen MR) is 66.3 cm³/mol. The quantitative estimate of drug-likeness (QED) is 0.625. The topological polar surface area (TPSA) is 29.1 Å². The summed E-state index contributed by atoms with van der Waals surface area (Å²) < 4.78 is 0. The van der Waals surface area contributed by atoms with Crippen LogP contribution >= 0.6 is 0 Å². The molecule has 0 atom stereocenters. The highest BCUT2D eigenvalue weighted by molar-refractivity contribution is 5.84. The van der Waals surface area contributed by atoms with E-state index < -0.39 is 0 Å². The number of carbonyl (C=O) groups excluding carboxylic acids is 1. The first-order valence-corrected chi connectivity index (χ1v) is 7.12. The SMILES string of the molecule is O=C1CC2(CCCCCCCCCCC2)N1. The lowest BCUT2D eigenvalue weighted by Crippen LogP contribution is -2.60. The third-order valence-electron chi connectivity index (χ3n) is 4.21. The molecule has 2 nitrogen and oxygen atoms in total. The van der Waals surface area contributed by atoms with Crippen LogP contribution in [0.15, 0.2) is 0 Å². The van der Waals surface area contributed by atoms with Gasteiger partial charge in [-0.2, -0.15) is 0 Å². The second-order valence-electron chi connectivity index (χ2n) is 5.69. The molecule has 0 unspecified atom stereocenters. The Balaban J connectivity index is 1.79. The van der Waals surface area contributed by atoms with Gasteiger partial charge in [0.2, 0.25) is 5.91 Å². The van der Waals surface area contributed by atoms with E-state index in [1.165, 1.54) is 70.6 Å². The van der Waals surface area contributed by atoms with Crippen molar-refractivity contribution >= 4 is 5.91 Å². The van der Waals surface area contributed by atoms with Gasteiger partial charge in [-0.05, 0) is 12.8 Å². The van der Waals surface area contributed by atoms with E-state index in [-0.39, 0.29) is 11.4 Å². The van der Waals surface area contributed by atoms with E-state index in [4.69, 9.17) is 0 Å². The Hall–Kier alpha value is -0.530. The summed E-state index contributed by atoms with van der Waals surface area (Å²) in [7, 11) is 0. The van der Waals surface area contributed by atoms with Crippen molar-refractivity contribution in [1.29, 1.82) is 0 Å². The van der Waals surface area contributed by atoms with Gasteiger partial charge in [-0.1, -0.05) is 57.8 Å². The fraction of sp³-hybridized carbons (Fsp3) is 0.929. The molecule has 1 N–H and O–H groups in total. The van der Waals surface area contributed by atoms with E-state index in [9.17, 15) is 4.79 Å². The van der Waals surface area contributed by atoms with E-state index in [0.717, 1.165) is 6.42 Å². The lowest BCUT2D eigenvalue weighted by atomic mass is 9.77. The van der Waals surface area contributed by atoms with Crippen molar-refractivity contribution in [2.45, 2.75) is 82.6 Å². The molecule has 1 aliphatic carbocycles. The predicted octanol–water partition coefficient (Wildman–Crippen LogP) is 3.55. The lowest BCUT2D eigenvalue weighted by Gasteiger charge is -2.43. The molecule has 1 amide bonds. The Kier molecular flexibility index (Phi) is 4.25. The fourth-order valence-corrected chi connectivity index (χ4v) is 3.18. The molecule has 1 aliphatic heterocycles. The average Bonchev–Trinajstić information content (AvgIpc) is 2.20. The lowest BCUT2D eigenvalue weighted by molar-refractivity contribution is -0.133. The van der Waals surface area contributed by atoms with Gasteiger partial charge in [0.1, 0.15) is 0 Å². The average molecular weight is 223 g/mol. The maximum absolute atomic E-state index is 11.1. The molecular weight excluding hydrogens is 198 g/mol. The molecule has 2 heteroatoms. The highest BCUT2D eigenvalue weighted by Crippen LogP contribution is 2.32. The van der Waals surface area contributed by atoms with Gasteiger partial charge in [-0.15, -0.1) is 0 Å². The van der Waals surface area contributed by atoms with Gasteiger partial charge in [0, 0.05) is 12.0 Å². The van der Waals surface area contributed by atoms with Crippen LogP contribution in [-0.2, 0) is 4.79 Å². The molecule has 2 fully saturated rings. The first-order chi connectivity index (χ1) is 7.81. The molecule has 0 aromatic rings. The standard InChI is InChI=1S/C14H25NO/c16-13-12-14(15-13)10-8-6-4-2-1-3-5-7-9-11-14/h1-12H2,(H,15,16). The third-order valence-corrected chi connectivity index (χ3v) is 4.21. The molecule has 1 saturated heterocycles. The molecular formula is C14H25NO. The monoisotopic (exact) mass is 223 g/mol. The van der Waals surface area contributed by atoms with E-state index in [1.54, 1.807) is 0 Å². The Morgan fingerprint density at radius 2 is 1.12 bits per heavy atom. The van der Waals surface area contributed by atoms with E-state index >= 15 is 0 Å². The number of β-lactam (4-membered cyclic amide) rings is 1. The highest BCUT2D eigenvalue weighted by atomic mass is 16.2. The Morgan fingerprint density at radius 1 is 0.750 bits per heavy atom. The van der Waals surface area contributed by atoms with Gasteiger partial charge in [-0.25, -0.2) is 0 Å². The first-order valence-electron chi connectivity index (χ1n) is 7.12. The minimum absolute atomic E-state index is 0.219.